The second-order valence-electron chi connectivity index (χ2n) is 0.729. The van der Waals surface area contributed by atoms with Crippen molar-refractivity contribution in [2.24, 2.45) is 0 Å². The topological polar surface area (TPSA) is 73.6 Å². The molecule has 0 radical (unpaired) electrons. The molecule has 4 nitrogen and oxygen atoms in total. The highest BCUT2D eigenvalue weighted by atomic mass is 16.4. The van der Waals surface area contributed by atoms with E-state index in [4.69, 9.17) is 10.6 Å². The van der Waals surface area contributed by atoms with Gasteiger partial charge in [-0.1, -0.05) is 0 Å². The number of nitrogens with zero attached hydrogens (tertiary/aromatic N) is 1. The molecule has 0 aliphatic rings. The molecule has 0 saturated heterocycles. The summed E-state index contributed by atoms with van der Waals surface area (Å²) in [5, 5.41) is 9.16. The molecule has 0 amide bonds. The van der Waals surface area contributed by atoms with Crippen LogP contribution in [0.4, 0.5) is 0 Å². The highest BCUT2D eigenvalue weighted by molar-refractivity contribution is 5.67. The zero-order valence-corrected chi connectivity index (χ0v) is 3.01. The number of rotatable bonds is 2. The molecule has 0 aliphatic heterocycles. The molecule has 0 fully saturated rings. The van der Waals surface area contributed by atoms with Crippen LogP contribution in [0.5, 0.6) is 0 Å². The Bertz CT molecular complexity index is 69.9. The van der Waals surface area contributed by atoms with E-state index < -0.39 is 12.5 Å². The summed E-state index contributed by atoms with van der Waals surface area (Å²) in [4.78, 5) is 9.38. The van der Waals surface area contributed by atoms with Crippen LogP contribution in [0.25, 0.3) is 5.53 Å². The lowest BCUT2D eigenvalue weighted by molar-refractivity contribution is -0.470. The highest BCUT2D eigenvalue weighted by Gasteiger charge is 1.89. The molecule has 0 rings (SSSR count). The van der Waals surface area contributed by atoms with Gasteiger partial charge in [0.2, 0.25) is 6.54 Å². The molecule has 2 N–H and O–H groups in total. The molecule has 4 heteroatoms. The Morgan fingerprint density at radius 1 is 2.00 bits per heavy atom. The molecular formula is C2H4N2O2. The van der Waals surface area contributed by atoms with Crippen LogP contribution in [0, 0.1) is 0 Å². The van der Waals surface area contributed by atoms with E-state index in [1.165, 1.54) is 5.11 Å². The van der Waals surface area contributed by atoms with Gasteiger partial charge in [-0.3, -0.25) is 0 Å². The molecule has 0 aliphatic carbocycles. The third kappa shape index (κ3) is 3.07. The molecule has 0 atom stereocenters. The Labute approximate surface area is 34.3 Å². The smallest absolute Gasteiger partial charge is 0.368 e. The summed E-state index contributed by atoms with van der Waals surface area (Å²) in [6, 6.07) is 0. The number of hydrogen-bond acceptors (Lipinski definition) is 1. The average Bonchev–Trinajstić information content (AvgIpc) is 1.35. The first-order chi connectivity index (χ1) is 2.77. The van der Waals surface area contributed by atoms with Crippen LogP contribution in [-0.2, 0) is 4.79 Å². The average molecular weight is 88.1 g/mol. The van der Waals surface area contributed by atoms with Crippen molar-refractivity contribution in [2.45, 2.75) is 0 Å². The third-order valence-electron chi connectivity index (χ3n) is 0.230. The first-order valence-corrected chi connectivity index (χ1v) is 1.36. The second kappa shape index (κ2) is 2.32. The zero-order chi connectivity index (χ0) is 4.99. The molecular weight excluding hydrogens is 84.0 g/mol. The van der Waals surface area contributed by atoms with Gasteiger partial charge in [0.25, 0.3) is 0 Å². The van der Waals surface area contributed by atoms with Crippen molar-refractivity contribution in [1.82, 2.24) is 0 Å². The summed E-state index contributed by atoms with van der Waals surface area (Å²) in [5.74, 6) is -1.07. The molecule has 0 bridgehead atoms. The third-order valence-corrected chi connectivity index (χ3v) is 0.230. The summed E-state index contributed by atoms with van der Waals surface area (Å²) in [6.45, 7) is -0.403. The number of carboxylic acid groups (broad SMARTS) is 1. The number of carbonyl (C=O) groups is 1. The molecule has 0 saturated carbocycles. The van der Waals surface area contributed by atoms with E-state index in [-0.39, 0.29) is 0 Å². The first-order valence-electron chi connectivity index (χ1n) is 1.36. The highest BCUT2D eigenvalue weighted by Crippen LogP contribution is 1.42. The summed E-state index contributed by atoms with van der Waals surface area (Å²) >= 11 is 0. The van der Waals surface area contributed by atoms with Crippen LogP contribution in [0.15, 0.2) is 0 Å². The Hall–Kier alpha value is -0.930. The first kappa shape index (κ1) is 5.07. The minimum atomic E-state index is -1.07. The molecule has 34 valence electrons. The number of hydrogen-bond donors (Lipinski definition) is 2. The quantitative estimate of drug-likeness (QED) is 0.390. The van der Waals surface area contributed by atoms with Crippen LogP contribution in [0.2, 0.25) is 0 Å². The van der Waals surface area contributed by atoms with Gasteiger partial charge < -0.3 is 15.8 Å². The van der Waals surface area contributed by atoms with Crippen molar-refractivity contribution in [3.8, 4) is 0 Å². The molecule has 0 unspecified atom stereocenters. The molecule has 0 heterocycles. The molecule has 0 aromatic heterocycles. The predicted octanol–water partition coefficient (Wildman–Crippen LogP) is -1.83. The van der Waals surface area contributed by atoms with Gasteiger partial charge in [-0.05, 0) is 0 Å². The normalized spacial score (nSPS) is 7.33. The van der Waals surface area contributed by atoms with E-state index in [1.54, 1.807) is 0 Å². The van der Waals surface area contributed by atoms with Gasteiger partial charge in [0.1, 0.15) is 0 Å². The summed E-state index contributed by atoms with van der Waals surface area (Å²) in [5.41, 5.74) is 7.61. The van der Waals surface area contributed by atoms with Gasteiger partial charge in [-0.15, -0.1) is 0 Å². The van der Waals surface area contributed by atoms with Crippen LogP contribution in [0.3, 0.4) is 0 Å². The van der Waals surface area contributed by atoms with E-state index in [9.17, 15) is 4.79 Å². The van der Waals surface area contributed by atoms with Crippen molar-refractivity contribution in [1.29, 1.82) is 0 Å². The Kier molecular flexibility index (Phi) is 1.96. The molecule has 0 aromatic carbocycles. The fourth-order valence-electron chi connectivity index (χ4n) is 0.0676. The van der Waals surface area contributed by atoms with Crippen LogP contribution in [-0.4, -0.2) is 17.6 Å². The minimum Gasteiger partial charge on any atom is -0.508 e. The van der Waals surface area contributed by atoms with Crippen molar-refractivity contribution in [2.75, 3.05) is 6.54 Å². The lowest BCUT2D eigenvalue weighted by Crippen LogP contribution is -2.65. The second-order valence-corrected chi connectivity index (χ2v) is 0.729. The van der Waals surface area contributed by atoms with Gasteiger partial charge in [0.15, 0.2) is 0 Å². The van der Waals surface area contributed by atoms with Gasteiger partial charge in [0, 0.05) is 0 Å². The van der Waals surface area contributed by atoms with Gasteiger partial charge >= 0.3 is 5.97 Å². The minimum absolute atomic E-state index is 0.403. The van der Waals surface area contributed by atoms with Crippen LogP contribution in [0.1, 0.15) is 0 Å². The van der Waals surface area contributed by atoms with Crippen molar-refractivity contribution in [3.05, 3.63) is 5.53 Å². The van der Waals surface area contributed by atoms with E-state index in [0.29, 0.717) is 0 Å². The summed E-state index contributed by atoms with van der Waals surface area (Å²) in [7, 11) is 0. The summed E-state index contributed by atoms with van der Waals surface area (Å²) in [6.07, 6.45) is 0. The van der Waals surface area contributed by atoms with Crippen molar-refractivity contribution >= 4 is 5.97 Å². The number of aliphatic carboxylic acids is 1. The van der Waals surface area contributed by atoms with E-state index >= 15 is 0 Å². The van der Waals surface area contributed by atoms with Crippen molar-refractivity contribution in [3.63, 3.8) is 0 Å². The summed E-state index contributed by atoms with van der Waals surface area (Å²) < 4.78 is 0. The van der Waals surface area contributed by atoms with E-state index in [0.717, 1.165) is 0 Å². The number of nitrogens with one attached hydrogen (secondary N) is 1. The maximum absolute atomic E-state index is 9.38. The zero-order valence-electron chi connectivity index (χ0n) is 3.01. The Morgan fingerprint density at radius 2 is 2.50 bits per heavy atom. The molecule has 0 aromatic rings. The Balaban J connectivity index is 3.05. The monoisotopic (exact) mass is 88.0 g/mol. The number of carboxylic acids is 1. The fourth-order valence-corrected chi connectivity index (χ4v) is 0.0676. The lowest BCUT2D eigenvalue weighted by Gasteiger charge is -1.75. The maximum atomic E-state index is 9.38. The maximum Gasteiger partial charge on any atom is 0.368 e. The van der Waals surface area contributed by atoms with E-state index in [2.05, 4.69) is 0 Å². The predicted molar refractivity (Wildman–Crippen MR) is 16.8 cm³/mol. The van der Waals surface area contributed by atoms with Gasteiger partial charge in [-0.2, -0.15) is 0 Å². The Morgan fingerprint density at radius 3 is 2.50 bits per heavy atom. The van der Waals surface area contributed by atoms with Crippen LogP contribution < -0.4 is 5.11 Å². The van der Waals surface area contributed by atoms with Gasteiger partial charge in [-0.25, -0.2) is 4.79 Å². The SMILES string of the molecule is [N-]=[NH+]CC(=O)O. The van der Waals surface area contributed by atoms with Crippen LogP contribution >= 0.6 is 0 Å². The van der Waals surface area contributed by atoms with Gasteiger partial charge in [0.05, 0.1) is 0 Å². The largest absolute Gasteiger partial charge is 0.508 e. The molecule has 0 spiro atoms. The van der Waals surface area contributed by atoms with Crippen molar-refractivity contribution < 1.29 is 15.0 Å². The fraction of sp³-hybridized carbons (Fsp3) is 0.500. The molecule has 6 heavy (non-hydrogen) atoms. The lowest BCUT2D eigenvalue weighted by atomic mass is 10.7. The van der Waals surface area contributed by atoms with E-state index in [1.807, 2.05) is 0 Å². The standard InChI is InChI=1S/C2H4N2O2/c3-4-1-2(5)6/h4H,1H2,(H,5,6).